The molecule has 0 aromatic heterocycles. The van der Waals surface area contributed by atoms with E-state index >= 15 is 0 Å². The highest BCUT2D eigenvalue weighted by Gasteiger charge is 2.40. The molecular weight excluding hydrogens is 224 g/mol. The minimum absolute atomic E-state index is 0.149. The molecule has 0 saturated heterocycles. The minimum atomic E-state index is -3.07. The molecule has 1 aliphatic carbocycles. The van der Waals surface area contributed by atoms with Crippen LogP contribution in [-0.4, -0.2) is 27.8 Å². The van der Waals surface area contributed by atoms with Crippen molar-refractivity contribution in [2.45, 2.75) is 33.1 Å². The number of hydrogen-bond acceptors (Lipinski definition) is 3. The Morgan fingerprint density at radius 3 is 2.19 bits per heavy atom. The Hall–Kier alpha value is -0.130. The number of nitrogens with one attached hydrogen (secondary N) is 1. The van der Waals surface area contributed by atoms with Crippen LogP contribution in [-0.2, 0) is 10.0 Å². The molecule has 96 valence electrons. The Kier molecular flexibility index (Phi) is 4.37. The molecule has 1 aliphatic rings. The molecule has 0 aliphatic heterocycles. The lowest BCUT2D eigenvalue weighted by molar-refractivity contribution is 0.271. The van der Waals surface area contributed by atoms with Crippen molar-refractivity contribution in [1.29, 1.82) is 0 Å². The lowest BCUT2D eigenvalue weighted by Crippen LogP contribution is -2.33. The SMILES string of the molecule is CC1CC(CN)(CCNS(C)(=O)=O)CC1C. The molecule has 16 heavy (non-hydrogen) atoms. The van der Waals surface area contributed by atoms with Gasteiger partial charge in [-0.15, -0.1) is 0 Å². The van der Waals surface area contributed by atoms with Gasteiger partial charge in [0.15, 0.2) is 0 Å². The lowest BCUT2D eigenvalue weighted by atomic mass is 9.82. The van der Waals surface area contributed by atoms with Gasteiger partial charge in [-0.25, -0.2) is 13.1 Å². The van der Waals surface area contributed by atoms with Crippen LogP contribution in [0.15, 0.2) is 0 Å². The first-order valence-corrected chi connectivity index (χ1v) is 7.82. The van der Waals surface area contributed by atoms with Gasteiger partial charge in [0.05, 0.1) is 6.26 Å². The highest BCUT2D eigenvalue weighted by molar-refractivity contribution is 7.88. The van der Waals surface area contributed by atoms with Gasteiger partial charge in [-0.2, -0.15) is 0 Å². The van der Waals surface area contributed by atoms with E-state index in [1.165, 1.54) is 6.26 Å². The first kappa shape index (κ1) is 13.9. The molecule has 1 saturated carbocycles. The summed E-state index contributed by atoms with van der Waals surface area (Å²) in [5.74, 6) is 1.39. The standard InChI is InChI=1S/C11H24N2O2S/c1-9-6-11(8-12,7-10(9)2)4-5-13-16(3,14)15/h9-10,13H,4-8,12H2,1-3H3. The molecule has 0 amide bonds. The van der Waals surface area contributed by atoms with Crippen molar-refractivity contribution < 1.29 is 8.42 Å². The summed E-state index contributed by atoms with van der Waals surface area (Å²) in [6.07, 6.45) is 4.29. The third kappa shape index (κ3) is 3.71. The maximum absolute atomic E-state index is 11.0. The van der Waals surface area contributed by atoms with E-state index in [1.807, 2.05) is 0 Å². The van der Waals surface area contributed by atoms with Crippen molar-refractivity contribution >= 4 is 10.0 Å². The van der Waals surface area contributed by atoms with E-state index in [4.69, 9.17) is 5.73 Å². The second kappa shape index (κ2) is 5.02. The third-order valence-electron chi connectivity index (χ3n) is 3.93. The quantitative estimate of drug-likeness (QED) is 0.760. The van der Waals surface area contributed by atoms with Crippen LogP contribution in [0.25, 0.3) is 0 Å². The van der Waals surface area contributed by atoms with Gasteiger partial charge in [0.25, 0.3) is 0 Å². The van der Waals surface area contributed by atoms with Crippen LogP contribution in [0.3, 0.4) is 0 Å². The van der Waals surface area contributed by atoms with Crippen LogP contribution >= 0.6 is 0 Å². The Labute approximate surface area is 99.0 Å². The van der Waals surface area contributed by atoms with Crippen LogP contribution in [0.5, 0.6) is 0 Å². The van der Waals surface area contributed by atoms with E-state index in [2.05, 4.69) is 18.6 Å². The fourth-order valence-corrected chi connectivity index (χ4v) is 3.30. The predicted molar refractivity (Wildman–Crippen MR) is 66.5 cm³/mol. The number of hydrogen-bond donors (Lipinski definition) is 2. The molecule has 0 heterocycles. The lowest BCUT2D eigenvalue weighted by Gasteiger charge is -2.27. The molecule has 0 bridgehead atoms. The number of sulfonamides is 1. The molecule has 5 heteroatoms. The normalized spacial score (nSPS) is 35.5. The zero-order chi connectivity index (χ0) is 12.4. The van der Waals surface area contributed by atoms with Crippen LogP contribution < -0.4 is 10.5 Å². The van der Waals surface area contributed by atoms with Crippen molar-refractivity contribution in [3.63, 3.8) is 0 Å². The maximum Gasteiger partial charge on any atom is 0.208 e. The predicted octanol–water partition coefficient (Wildman–Crippen LogP) is 0.937. The largest absolute Gasteiger partial charge is 0.330 e. The molecule has 2 unspecified atom stereocenters. The summed E-state index contributed by atoms with van der Waals surface area (Å²) in [6, 6.07) is 0. The van der Waals surface area contributed by atoms with E-state index in [0.29, 0.717) is 24.9 Å². The molecule has 4 nitrogen and oxygen atoms in total. The highest BCUT2D eigenvalue weighted by atomic mass is 32.2. The second-order valence-electron chi connectivity index (χ2n) is 5.48. The van der Waals surface area contributed by atoms with Gasteiger partial charge in [0.2, 0.25) is 10.0 Å². The first-order valence-electron chi connectivity index (χ1n) is 5.93. The van der Waals surface area contributed by atoms with Gasteiger partial charge in [0.1, 0.15) is 0 Å². The van der Waals surface area contributed by atoms with Gasteiger partial charge in [-0.05, 0) is 43.1 Å². The third-order valence-corrected chi connectivity index (χ3v) is 4.66. The summed E-state index contributed by atoms with van der Waals surface area (Å²) in [5.41, 5.74) is 6.02. The molecule has 0 radical (unpaired) electrons. The fourth-order valence-electron chi connectivity index (χ4n) is 2.83. The van der Waals surface area contributed by atoms with Crippen molar-refractivity contribution in [2.24, 2.45) is 23.0 Å². The Morgan fingerprint density at radius 2 is 1.81 bits per heavy atom. The van der Waals surface area contributed by atoms with Gasteiger partial charge in [-0.3, -0.25) is 0 Å². The molecule has 1 rings (SSSR count). The topological polar surface area (TPSA) is 72.2 Å². The molecule has 1 fully saturated rings. The van der Waals surface area contributed by atoms with E-state index in [9.17, 15) is 8.42 Å². The van der Waals surface area contributed by atoms with Crippen molar-refractivity contribution in [3.8, 4) is 0 Å². The molecule has 2 atom stereocenters. The Bertz CT molecular complexity index is 317. The summed E-state index contributed by atoms with van der Waals surface area (Å²) in [5, 5.41) is 0. The Balaban J connectivity index is 2.50. The number of rotatable bonds is 5. The molecule has 0 spiro atoms. The van der Waals surface area contributed by atoms with E-state index in [0.717, 1.165) is 19.3 Å². The average molecular weight is 248 g/mol. The minimum Gasteiger partial charge on any atom is -0.330 e. The van der Waals surface area contributed by atoms with Gasteiger partial charge in [0, 0.05) is 6.54 Å². The zero-order valence-electron chi connectivity index (χ0n) is 10.5. The highest BCUT2D eigenvalue weighted by Crippen LogP contribution is 2.46. The monoisotopic (exact) mass is 248 g/mol. The van der Waals surface area contributed by atoms with E-state index in [1.54, 1.807) is 0 Å². The fraction of sp³-hybridized carbons (Fsp3) is 1.00. The van der Waals surface area contributed by atoms with Crippen LogP contribution in [0, 0.1) is 17.3 Å². The van der Waals surface area contributed by atoms with Crippen LogP contribution in [0.4, 0.5) is 0 Å². The van der Waals surface area contributed by atoms with Crippen molar-refractivity contribution in [3.05, 3.63) is 0 Å². The molecule has 0 aromatic rings. The van der Waals surface area contributed by atoms with Gasteiger partial charge >= 0.3 is 0 Å². The van der Waals surface area contributed by atoms with Crippen molar-refractivity contribution in [1.82, 2.24) is 4.72 Å². The smallest absolute Gasteiger partial charge is 0.208 e. The Morgan fingerprint density at radius 1 is 1.31 bits per heavy atom. The van der Waals surface area contributed by atoms with Crippen LogP contribution in [0.2, 0.25) is 0 Å². The summed E-state index contributed by atoms with van der Waals surface area (Å²) in [7, 11) is -3.07. The molecular formula is C11H24N2O2S. The maximum atomic E-state index is 11.0. The van der Waals surface area contributed by atoms with E-state index < -0.39 is 10.0 Å². The molecule has 3 N–H and O–H groups in total. The van der Waals surface area contributed by atoms with E-state index in [-0.39, 0.29) is 5.41 Å². The van der Waals surface area contributed by atoms with Gasteiger partial charge in [-0.1, -0.05) is 13.8 Å². The van der Waals surface area contributed by atoms with Gasteiger partial charge < -0.3 is 5.73 Å². The molecule has 0 aromatic carbocycles. The summed E-state index contributed by atoms with van der Waals surface area (Å²) >= 11 is 0. The summed E-state index contributed by atoms with van der Waals surface area (Å²) < 4.78 is 24.5. The zero-order valence-corrected chi connectivity index (χ0v) is 11.3. The summed E-state index contributed by atoms with van der Waals surface area (Å²) in [6.45, 7) is 5.68. The average Bonchev–Trinajstić information content (AvgIpc) is 2.41. The second-order valence-corrected chi connectivity index (χ2v) is 7.32. The van der Waals surface area contributed by atoms with Crippen LogP contribution in [0.1, 0.15) is 33.1 Å². The summed E-state index contributed by atoms with van der Waals surface area (Å²) in [4.78, 5) is 0. The van der Waals surface area contributed by atoms with Crippen molar-refractivity contribution in [2.75, 3.05) is 19.3 Å². The first-order chi connectivity index (χ1) is 7.28. The number of nitrogens with two attached hydrogens (primary N) is 1.